The topological polar surface area (TPSA) is 72.9 Å². The summed E-state index contributed by atoms with van der Waals surface area (Å²) in [5.41, 5.74) is 7.66. The van der Waals surface area contributed by atoms with Crippen LogP contribution in [0.1, 0.15) is 37.2 Å². The molecule has 0 aliphatic heterocycles. The first-order chi connectivity index (χ1) is 9.60. The van der Waals surface area contributed by atoms with Crippen LogP contribution in [0.15, 0.2) is 36.5 Å². The molecule has 20 heavy (non-hydrogen) atoms. The van der Waals surface area contributed by atoms with Crippen molar-refractivity contribution in [3.8, 4) is 5.69 Å². The largest absolute Gasteiger partial charge is 0.399 e. The summed E-state index contributed by atoms with van der Waals surface area (Å²) < 4.78 is 1.65. The van der Waals surface area contributed by atoms with E-state index >= 15 is 0 Å². The number of carbonyl (C=O) groups excluding carboxylic acids is 1. The number of carbonyl (C=O) groups is 1. The molecular formula is C15H20N4O. The van der Waals surface area contributed by atoms with E-state index in [1.165, 1.54) is 0 Å². The maximum absolute atomic E-state index is 12.0. The number of benzene rings is 1. The van der Waals surface area contributed by atoms with E-state index in [0.717, 1.165) is 18.5 Å². The zero-order valence-corrected chi connectivity index (χ0v) is 11.8. The van der Waals surface area contributed by atoms with Crippen LogP contribution in [0.25, 0.3) is 5.69 Å². The lowest BCUT2D eigenvalue weighted by Gasteiger charge is -2.11. The van der Waals surface area contributed by atoms with Crippen molar-refractivity contribution in [3.05, 3.63) is 42.2 Å². The standard InChI is InChI=1S/C15H20N4O/c1-3-5-11(2)17-15(20)14-8-9-19(18-14)13-7-4-6-12(16)10-13/h4,6-11H,3,5,16H2,1-2H3,(H,17,20). The van der Waals surface area contributed by atoms with Crippen molar-refractivity contribution >= 4 is 11.6 Å². The van der Waals surface area contributed by atoms with Crippen molar-refractivity contribution in [2.45, 2.75) is 32.7 Å². The van der Waals surface area contributed by atoms with Crippen LogP contribution >= 0.6 is 0 Å². The summed E-state index contributed by atoms with van der Waals surface area (Å²) in [6, 6.07) is 9.24. The fraction of sp³-hybridized carbons (Fsp3) is 0.333. The van der Waals surface area contributed by atoms with Crippen molar-refractivity contribution in [1.82, 2.24) is 15.1 Å². The average molecular weight is 272 g/mol. The van der Waals surface area contributed by atoms with Crippen molar-refractivity contribution in [2.75, 3.05) is 5.73 Å². The molecule has 0 aliphatic carbocycles. The fourth-order valence-electron chi connectivity index (χ4n) is 2.06. The van der Waals surface area contributed by atoms with Gasteiger partial charge in [-0.05, 0) is 37.6 Å². The second-order valence-corrected chi connectivity index (χ2v) is 4.90. The van der Waals surface area contributed by atoms with E-state index in [4.69, 9.17) is 5.73 Å². The number of nitrogen functional groups attached to an aromatic ring is 1. The SMILES string of the molecule is CCCC(C)NC(=O)c1ccn(-c2cccc(N)c2)n1. The third-order valence-corrected chi connectivity index (χ3v) is 3.06. The number of hydrogen-bond acceptors (Lipinski definition) is 3. The second-order valence-electron chi connectivity index (χ2n) is 4.90. The predicted molar refractivity (Wildman–Crippen MR) is 79.8 cm³/mol. The van der Waals surface area contributed by atoms with Crippen LogP contribution in [0.4, 0.5) is 5.69 Å². The lowest BCUT2D eigenvalue weighted by atomic mass is 10.2. The molecule has 1 amide bonds. The molecule has 0 aliphatic rings. The highest BCUT2D eigenvalue weighted by atomic mass is 16.2. The van der Waals surface area contributed by atoms with Gasteiger partial charge in [-0.2, -0.15) is 5.10 Å². The predicted octanol–water partition coefficient (Wildman–Crippen LogP) is 2.37. The molecule has 0 bridgehead atoms. The molecule has 1 atom stereocenters. The van der Waals surface area contributed by atoms with E-state index in [9.17, 15) is 4.79 Å². The molecule has 106 valence electrons. The van der Waals surface area contributed by atoms with E-state index in [-0.39, 0.29) is 11.9 Å². The van der Waals surface area contributed by atoms with Gasteiger partial charge in [0.15, 0.2) is 5.69 Å². The molecule has 0 saturated carbocycles. The number of anilines is 1. The van der Waals surface area contributed by atoms with Gasteiger partial charge in [-0.25, -0.2) is 4.68 Å². The minimum Gasteiger partial charge on any atom is -0.399 e. The normalized spacial score (nSPS) is 12.1. The first-order valence-electron chi connectivity index (χ1n) is 6.82. The number of hydrogen-bond donors (Lipinski definition) is 2. The molecule has 0 fully saturated rings. The minimum atomic E-state index is -0.145. The Hall–Kier alpha value is -2.30. The van der Waals surface area contributed by atoms with Crippen LogP contribution in [0, 0.1) is 0 Å². The Morgan fingerprint density at radius 2 is 2.25 bits per heavy atom. The van der Waals surface area contributed by atoms with Crippen molar-refractivity contribution in [1.29, 1.82) is 0 Å². The zero-order chi connectivity index (χ0) is 14.5. The number of aromatic nitrogens is 2. The summed E-state index contributed by atoms with van der Waals surface area (Å²) in [5, 5.41) is 7.22. The third-order valence-electron chi connectivity index (χ3n) is 3.06. The monoisotopic (exact) mass is 272 g/mol. The molecular weight excluding hydrogens is 252 g/mol. The first-order valence-corrected chi connectivity index (χ1v) is 6.82. The molecule has 0 saturated heterocycles. The molecule has 3 N–H and O–H groups in total. The van der Waals surface area contributed by atoms with Gasteiger partial charge in [0, 0.05) is 17.9 Å². The van der Waals surface area contributed by atoms with Gasteiger partial charge in [-0.3, -0.25) is 4.79 Å². The Morgan fingerprint density at radius 1 is 1.45 bits per heavy atom. The van der Waals surface area contributed by atoms with Crippen LogP contribution in [0.5, 0.6) is 0 Å². The van der Waals surface area contributed by atoms with Crippen LogP contribution in [0.2, 0.25) is 0 Å². The fourth-order valence-corrected chi connectivity index (χ4v) is 2.06. The Morgan fingerprint density at radius 3 is 2.95 bits per heavy atom. The van der Waals surface area contributed by atoms with Crippen molar-refractivity contribution in [3.63, 3.8) is 0 Å². The first kappa shape index (κ1) is 14.1. The van der Waals surface area contributed by atoms with Gasteiger partial charge >= 0.3 is 0 Å². The Bertz CT molecular complexity index is 591. The zero-order valence-electron chi connectivity index (χ0n) is 11.8. The number of nitrogens with two attached hydrogens (primary N) is 1. The highest BCUT2D eigenvalue weighted by Crippen LogP contribution is 2.11. The van der Waals surface area contributed by atoms with E-state index in [1.807, 2.05) is 31.2 Å². The number of rotatable bonds is 5. The minimum absolute atomic E-state index is 0.145. The molecule has 1 aromatic heterocycles. The molecule has 0 radical (unpaired) electrons. The summed E-state index contributed by atoms with van der Waals surface area (Å²) in [6.07, 6.45) is 3.76. The number of nitrogens with one attached hydrogen (secondary N) is 1. The van der Waals surface area contributed by atoms with E-state index in [2.05, 4.69) is 17.3 Å². The number of nitrogens with zero attached hydrogens (tertiary/aromatic N) is 2. The second kappa shape index (κ2) is 6.23. The van der Waals surface area contributed by atoms with Gasteiger partial charge in [0.2, 0.25) is 0 Å². The van der Waals surface area contributed by atoms with Gasteiger partial charge in [-0.15, -0.1) is 0 Å². The summed E-state index contributed by atoms with van der Waals surface area (Å²) in [4.78, 5) is 12.0. The summed E-state index contributed by atoms with van der Waals surface area (Å²) in [5.74, 6) is -0.145. The van der Waals surface area contributed by atoms with Crippen molar-refractivity contribution in [2.24, 2.45) is 0 Å². The van der Waals surface area contributed by atoms with Gasteiger partial charge in [0.25, 0.3) is 5.91 Å². The van der Waals surface area contributed by atoms with E-state index in [0.29, 0.717) is 11.4 Å². The molecule has 1 aromatic carbocycles. The van der Waals surface area contributed by atoms with Crippen LogP contribution in [-0.4, -0.2) is 21.7 Å². The molecule has 2 rings (SSSR count). The summed E-state index contributed by atoms with van der Waals surface area (Å²) in [6.45, 7) is 4.09. The smallest absolute Gasteiger partial charge is 0.271 e. The molecule has 1 heterocycles. The van der Waals surface area contributed by atoms with Gasteiger partial charge in [-0.1, -0.05) is 19.4 Å². The maximum Gasteiger partial charge on any atom is 0.271 e. The van der Waals surface area contributed by atoms with Crippen LogP contribution in [0.3, 0.4) is 0 Å². The molecule has 2 aromatic rings. The van der Waals surface area contributed by atoms with Gasteiger partial charge < -0.3 is 11.1 Å². The van der Waals surface area contributed by atoms with Crippen LogP contribution in [-0.2, 0) is 0 Å². The van der Waals surface area contributed by atoms with Gasteiger partial charge in [0.1, 0.15) is 0 Å². The quantitative estimate of drug-likeness (QED) is 0.821. The maximum atomic E-state index is 12.0. The third kappa shape index (κ3) is 3.38. The van der Waals surface area contributed by atoms with Crippen LogP contribution < -0.4 is 11.1 Å². The lowest BCUT2D eigenvalue weighted by molar-refractivity contribution is 0.0933. The van der Waals surface area contributed by atoms with E-state index < -0.39 is 0 Å². The highest BCUT2D eigenvalue weighted by molar-refractivity contribution is 5.92. The average Bonchev–Trinajstić information content (AvgIpc) is 2.88. The van der Waals surface area contributed by atoms with Gasteiger partial charge in [0.05, 0.1) is 5.69 Å². The molecule has 1 unspecified atom stereocenters. The van der Waals surface area contributed by atoms with E-state index in [1.54, 1.807) is 16.9 Å². The molecule has 5 nitrogen and oxygen atoms in total. The summed E-state index contributed by atoms with van der Waals surface area (Å²) >= 11 is 0. The highest BCUT2D eigenvalue weighted by Gasteiger charge is 2.12. The molecule has 5 heteroatoms. The number of amides is 1. The summed E-state index contributed by atoms with van der Waals surface area (Å²) in [7, 11) is 0. The lowest BCUT2D eigenvalue weighted by Crippen LogP contribution is -2.32. The van der Waals surface area contributed by atoms with Crippen molar-refractivity contribution < 1.29 is 4.79 Å². The Labute approximate surface area is 118 Å². The molecule has 0 spiro atoms. The Kier molecular flexibility index (Phi) is 4.40. The Balaban J connectivity index is 2.11.